The summed E-state index contributed by atoms with van der Waals surface area (Å²) in [4.78, 5) is 28.6. The summed E-state index contributed by atoms with van der Waals surface area (Å²) in [5.74, 6) is 1.24. The first-order chi connectivity index (χ1) is 11.7. The minimum Gasteiger partial charge on any atom is -0.497 e. The zero-order valence-corrected chi connectivity index (χ0v) is 13.9. The van der Waals surface area contributed by atoms with Crippen LogP contribution in [0.4, 0.5) is 10.5 Å². The highest BCUT2D eigenvalue weighted by Crippen LogP contribution is 2.46. The number of thioether (sulfide) groups is 1. The van der Waals surface area contributed by atoms with Crippen LogP contribution < -0.4 is 9.64 Å². The fourth-order valence-electron chi connectivity index (χ4n) is 3.13. The Kier molecular flexibility index (Phi) is 3.69. The fourth-order valence-corrected chi connectivity index (χ4v) is 4.54. The molecule has 4 rings (SSSR count). The van der Waals surface area contributed by atoms with Crippen LogP contribution in [0, 0.1) is 0 Å². The molecule has 122 valence electrons. The summed E-state index contributed by atoms with van der Waals surface area (Å²) in [6.45, 7) is 0. The van der Waals surface area contributed by atoms with Crippen molar-refractivity contribution in [2.45, 2.75) is 11.4 Å². The number of hydrogen-bond acceptors (Lipinski definition) is 4. The summed E-state index contributed by atoms with van der Waals surface area (Å²) < 4.78 is 5.18. The lowest BCUT2D eigenvalue weighted by atomic mass is 10.2. The number of amides is 3. The summed E-state index contributed by atoms with van der Waals surface area (Å²) in [5, 5.41) is -0.147. The van der Waals surface area contributed by atoms with E-state index in [9.17, 15) is 9.59 Å². The van der Waals surface area contributed by atoms with Crippen LogP contribution >= 0.6 is 11.8 Å². The molecule has 2 heterocycles. The highest BCUT2D eigenvalue weighted by molar-refractivity contribution is 7.99. The van der Waals surface area contributed by atoms with Gasteiger partial charge in [-0.25, -0.2) is 9.69 Å². The van der Waals surface area contributed by atoms with Gasteiger partial charge in [-0.05, 0) is 29.8 Å². The average molecular weight is 340 g/mol. The first-order valence-electron chi connectivity index (χ1n) is 7.67. The van der Waals surface area contributed by atoms with Gasteiger partial charge in [0.15, 0.2) is 0 Å². The summed E-state index contributed by atoms with van der Waals surface area (Å²) in [7, 11) is 1.62. The minimum atomic E-state index is -0.394. The Balaban J connectivity index is 1.65. The predicted molar refractivity (Wildman–Crippen MR) is 93.1 cm³/mol. The van der Waals surface area contributed by atoms with Crippen molar-refractivity contribution in [3.63, 3.8) is 0 Å². The molecule has 0 aliphatic carbocycles. The molecule has 2 fully saturated rings. The molecule has 0 N–H and O–H groups in total. The lowest BCUT2D eigenvalue weighted by Gasteiger charge is -2.23. The van der Waals surface area contributed by atoms with Crippen LogP contribution in [0.5, 0.6) is 5.75 Å². The number of rotatable bonds is 3. The first kappa shape index (κ1) is 15.1. The minimum absolute atomic E-state index is 0.144. The van der Waals surface area contributed by atoms with Gasteiger partial charge >= 0.3 is 6.03 Å². The van der Waals surface area contributed by atoms with E-state index in [1.807, 2.05) is 42.5 Å². The number of imide groups is 1. The van der Waals surface area contributed by atoms with Crippen molar-refractivity contribution in [1.29, 1.82) is 0 Å². The van der Waals surface area contributed by atoms with Gasteiger partial charge in [0.1, 0.15) is 17.2 Å². The molecular formula is C18H16N2O3S. The molecule has 2 aromatic rings. The zero-order valence-electron chi connectivity index (χ0n) is 13.1. The standard InChI is InChI=1S/C18H16N2O3S/c1-23-14-9-7-12(8-10-14)17-20-15(11-24-17)16(21)19(18(20)22)13-5-3-2-4-6-13/h2-10,15,17H,11H2,1H3/t15-,17+/m1/s1. The quantitative estimate of drug-likeness (QED) is 0.805. The molecule has 0 saturated carbocycles. The van der Waals surface area contributed by atoms with Gasteiger partial charge in [-0.3, -0.25) is 9.69 Å². The largest absolute Gasteiger partial charge is 0.497 e. The van der Waals surface area contributed by atoms with E-state index in [1.54, 1.807) is 35.9 Å². The van der Waals surface area contributed by atoms with Crippen molar-refractivity contribution in [3.8, 4) is 5.75 Å². The number of carbonyl (C=O) groups excluding carboxylic acids is 2. The van der Waals surface area contributed by atoms with E-state index in [2.05, 4.69) is 0 Å². The van der Waals surface area contributed by atoms with E-state index in [-0.39, 0.29) is 17.3 Å². The van der Waals surface area contributed by atoms with Gasteiger partial charge in [0.05, 0.1) is 12.8 Å². The lowest BCUT2D eigenvalue weighted by molar-refractivity contribution is -0.119. The average Bonchev–Trinajstić information content (AvgIpc) is 3.17. The van der Waals surface area contributed by atoms with Crippen molar-refractivity contribution in [3.05, 3.63) is 60.2 Å². The number of benzene rings is 2. The lowest BCUT2D eigenvalue weighted by Crippen LogP contribution is -2.33. The number of nitrogens with zero attached hydrogens (tertiary/aromatic N) is 2. The van der Waals surface area contributed by atoms with Gasteiger partial charge in [-0.15, -0.1) is 11.8 Å². The van der Waals surface area contributed by atoms with E-state index < -0.39 is 6.04 Å². The smallest absolute Gasteiger partial charge is 0.333 e. The molecule has 2 aliphatic rings. The number of anilines is 1. The van der Waals surface area contributed by atoms with Gasteiger partial charge in [-0.2, -0.15) is 0 Å². The molecule has 0 spiro atoms. The number of para-hydroxylation sites is 1. The second-order valence-electron chi connectivity index (χ2n) is 5.67. The fraction of sp³-hybridized carbons (Fsp3) is 0.222. The Labute approximate surface area is 144 Å². The zero-order chi connectivity index (χ0) is 16.7. The molecule has 5 nitrogen and oxygen atoms in total. The van der Waals surface area contributed by atoms with Crippen LogP contribution in [0.25, 0.3) is 0 Å². The molecule has 0 aromatic heterocycles. The van der Waals surface area contributed by atoms with Crippen molar-refractivity contribution in [2.75, 3.05) is 17.8 Å². The van der Waals surface area contributed by atoms with E-state index >= 15 is 0 Å². The van der Waals surface area contributed by atoms with Gasteiger partial charge in [0.25, 0.3) is 5.91 Å². The highest BCUT2D eigenvalue weighted by atomic mass is 32.2. The molecule has 3 amide bonds. The van der Waals surface area contributed by atoms with Gasteiger partial charge in [0.2, 0.25) is 0 Å². The second kappa shape index (κ2) is 5.87. The molecule has 2 aromatic carbocycles. The molecule has 0 radical (unpaired) electrons. The second-order valence-corrected chi connectivity index (χ2v) is 6.79. The number of methoxy groups -OCH3 is 1. The summed E-state index contributed by atoms with van der Waals surface area (Å²) in [6.07, 6.45) is 0. The number of fused-ring (bicyclic) bond motifs is 1. The Morgan fingerprint density at radius 2 is 1.75 bits per heavy atom. The maximum absolute atomic E-state index is 12.9. The Hall–Kier alpha value is -2.47. The van der Waals surface area contributed by atoms with Crippen LogP contribution in [0.15, 0.2) is 54.6 Å². The van der Waals surface area contributed by atoms with Crippen molar-refractivity contribution in [2.24, 2.45) is 0 Å². The predicted octanol–water partition coefficient (Wildman–Crippen LogP) is 3.28. The highest BCUT2D eigenvalue weighted by Gasteiger charge is 2.53. The van der Waals surface area contributed by atoms with Gasteiger partial charge in [0, 0.05) is 5.75 Å². The number of ether oxygens (including phenoxy) is 1. The molecule has 24 heavy (non-hydrogen) atoms. The van der Waals surface area contributed by atoms with E-state index in [4.69, 9.17) is 4.74 Å². The van der Waals surface area contributed by atoms with E-state index in [0.29, 0.717) is 11.4 Å². The first-order valence-corrected chi connectivity index (χ1v) is 8.72. The monoisotopic (exact) mass is 340 g/mol. The molecule has 2 aliphatic heterocycles. The molecule has 6 heteroatoms. The van der Waals surface area contributed by atoms with Gasteiger partial charge in [-0.1, -0.05) is 30.3 Å². The summed E-state index contributed by atoms with van der Waals surface area (Å²) >= 11 is 1.62. The molecule has 0 bridgehead atoms. The number of urea groups is 1. The van der Waals surface area contributed by atoms with Crippen LogP contribution in [0.3, 0.4) is 0 Å². The summed E-state index contributed by atoms with van der Waals surface area (Å²) in [5.41, 5.74) is 1.62. The summed E-state index contributed by atoms with van der Waals surface area (Å²) in [6, 6.07) is 16.1. The molecule has 0 unspecified atom stereocenters. The van der Waals surface area contributed by atoms with Crippen LogP contribution in [0.1, 0.15) is 10.9 Å². The van der Waals surface area contributed by atoms with E-state index in [0.717, 1.165) is 11.3 Å². The van der Waals surface area contributed by atoms with Gasteiger partial charge < -0.3 is 4.74 Å². The van der Waals surface area contributed by atoms with E-state index in [1.165, 1.54) is 4.90 Å². The van der Waals surface area contributed by atoms with Crippen molar-refractivity contribution in [1.82, 2.24) is 4.90 Å². The molecular weight excluding hydrogens is 324 g/mol. The third-order valence-electron chi connectivity index (χ3n) is 4.33. The number of hydrogen-bond donors (Lipinski definition) is 0. The van der Waals surface area contributed by atoms with Crippen LogP contribution in [-0.4, -0.2) is 35.7 Å². The third kappa shape index (κ3) is 2.26. The number of carbonyl (C=O) groups is 2. The Morgan fingerprint density at radius 3 is 2.42 bits per heavy atom. The van der Waals surface area contributed by atoms with Crippen LogP contribution in [-0.2, 0) is 4.79 Å². The maximum atomic E-state index is 12.9. The Bertz CT molecular complexity index is 779. The third-order valence-corrected chi connectivity index (χ3v) is 5.66. The van der Waals surface area contributed by atoms with Crippen molar-refractivity contribution < 1.29 is 14.3 Å². The normalized spacial score (nSPS) is 22.9. The van der Waals surface area contributed by atoms with Crippen LogP contribution in [0.2, 0.25) is 0 Å². The van der Waals surface area contributed by atoms with Crippen molar-refractivity contribution >= 4 is 29.4 Å². The SMILES string of the molecule is COc1ccc([C@@H]2SC[C@@H]3C(=O)N(c4ccccc4)C(=O)N32)cc1. The molecule has 2 atom stereocenters. The topological polar surface area (TPSA) is 49.9 Å². The Morgan fingerprint density at radius 1 is 1.04 bits per heavy atom. The molecule has 2 saturated heterocycles. The maximum Gasteiger partial charge on any atom is 0.333 e.